The summed E-state index contributed by atoms with van der Waals surface area (Å²) in [5, 5.41) is 5.50. The molecule has 0 saturated carbocycles. The number of amides is 1. The van der Waals surface area contributed by atoms with Crippen LogP contribution in [0.2, 0.25) is 0 Å². The molecule has 158 valence electrons. The lowest BCUT2D eigenvalue weighted by molar-refractivity contribution is -0.116. The van der Waals surface area contributed by atoms with Crippen LogP contribution in [0.4, 0.5) is 0 Å². The first-order chi connectivity index (χ1) is 13.9. The molecule has 0 fully saturated rings. The number of aliphatic imine (C=N–C) groups is 1. The van der Waals surface area contributed by atoms with Crippen LogP contribution in [0, 0.1) is 6.92 Å². The lowest BCUT2D eigenvalue weighted by atomic mass is 10.1. The molecule has 1 aromatic rings. The molecule has 0 radical (unpaired) electrons. The molecule has 1 N–H and O–H groups in total. The second-order valence-corrected chi connectivity index (χ2v) is 7.64. The molecule has 1 aromatic heterocycles. The SMILES string of the molecule is C=CN=CN(C)CCNC(=O)/C=C/c1c(C)n(CCCN(C)C)c2c1=CCCC=2. The number of nitrogens with one attached hydrogen (secondary N) is 1. The van der Waals surface area contributed by atoms with E-state index in [1.54, 1.807) is 12.4 Å². The zero-order valence-corrected chi connectivity index (χ0v) is 18.3. The Balaban J connectivity index is 2.06. The van der Waals surface area contributed by atoms with Crippen LogP contribution in [0.25, 0.3) is 18.2 Å². The Morgan fingerprint density at radius 1 is 1.28 bits per heavy atom. The smallest absolute Gasteiger partial charge is 0.244 e. The number of hydrogen-bond acceptors (Lipinski definition) is 3. The van der Waals surface area contributed by atoms with Gasteiger partial charge in [-0.15, -0.1) is 0 Å². The zero-order valence-electron chi connectivity index (χ0n) is 18.3. The average Bonchev–Trinajstić information content (AvgIpc) is 2.96. The number of rotatable bonds is 11. The van der Waals surface area contributed by atoms with E-state index in [2.05, 4.69) is 59.5 Å². The fraction of sp³-hybridized carbons (Fsp3) is 0.478. The zero-order chi connectivity index (χ0) is 21.2. The maximum Gasteiger partial charge on any atom is 0.244 e. The van der Waals surface area contributed by atoms with Crippen LogP contribution in [-0.4, -0.2) is 67.4 Å². The molecule has 6 heteroatoms. The van der Waals surface area contributed by atoms with E-state index in [4.69, 9.17) is 0 Å². The van der Waals surface area contributed by atoms with E-state index < -0.39 is 0 Å². The van der Waals surface area contributed by atoms with Crippen LogP contribution in [0.5, 0.6) is 0 Å². The Bertz CT molecular complexity index is 876. The van der Waals surface area contributed by atoms with E-state index in [9.17, 15) is 4.79 Å². The number of nitrogens with zero attached hydrogens (tertiary/aromatic N) is 4. The summed E-state index contributed by atoms with van der Waals surface area (Å²) in [4.78, 5) is 20.3. The van der Waals surface area contributed by atoms with Crippen molar-refractivity contribution in [1.82, 2.24) is 19.7 Å². The van der Waals surface area contributed by atoms with Crippen LogP contribution in [0.1, 0.15) is 30.5 Å². The molecule has 6 nitrogen and oxygen atoms in total. The molecule has 29 heavy (non-hydrogen) atoms. The molecule has 1 amide bonds. The summed E-state index contributed by atoms with van der Waals surface area (Å²) in [5.41, 5.74) is 2.39. The van der Waals surface area contributed by atoms with Gasteiger partial charge in [0, 0.05) is 60.8 Å². The third kappa shape index (κ3) is 6.75. The predicted molar refractivity (Wildman–Crippen MR) is 123 cm³/mol. The van der Waals surface area contributed by atoms with Crippen LogP contribution >= 0.6 is 0 Å². The largest absolute Gasteiger partial charge is 0.364 e. The summed E-state index contributed by atoms with van der Waals surface area (Å²) in [7, 11) is 6.12. The number of aromatic nitrogens is 1. The Kier molecular flexibility index (Phi) is 8.93. The van der Waals surface area contributed by atoms with Gasteiger partial charge in [-0.25, -0.2) is 4.99 Å². The third-order valence-electron chi connectivity index (χ3n) is 5.03. The molecule has 0 aromatic carbocycles. The summed E-state index contributed by atoms with van der Waals surface area (Å²) in [5.74, 6) is -0.0765. The quantitative estimate of drug-likeness (QED) is 0.348. The van der Waals surface area contributed by atoms with Crippen LogP contribution in [0.15, 0.2) is 23.8 Å². The highest BCUT2D eigenvalue weighted by Gasteiger charge is 2.11. The van der Waals surface area contributed by atoms with Crippen molar-refractivity contribution < 1.29 is 4.79 Å². The number of carbonyl (C=O) groups is 1. The van der Waals surface area contributed by atoms with Crippen molar-refractivity contribution in [1.29, 1.82) is 0 Å². The van der Waals surface area contributed by atoms with Gasteiger partial charge in [0.05, 0.1) is 6.34 Å². The summed E-state index contributed by atoms with van der Waals surface area (Å²) < 4.78 is 2.40. The fourth-order valence-corrected chi connectivity index (χ4v) is 3.52. The summed E-state index contributed by atoms with van der Waals surface area (Å²) >= 11 is 0. The second kappa shape index (κ2) is 11.4. The van der Waals surface area contributed by atoms with Gasteiger partial charge in [-0.3, -0.25) is 4.79 Å². The molecule has 1 aliphatic carbocycles. The molecular formula is C23H35N5O. The second-order valence-electron chi connectivity index (χ2n) is 7.64. The molecule has 0 saturated heterocycles. The summed E-state index contributed by atoms with van der Waals surface area (Å²) in [6, 6.07) is 0. The fourth-order valence-electron chi connectivity index (χ4n) is 3.52. The van der Waals surface area contributed by atoms with Gasteiger partial charge in [-0.1, -0.05) is 18.7 Å². The van der Waals surface area contributed by atoms with Gasteiger partial charge >= 0.3 is 0 Å². The van der Waals surface area contributed by atoms with Crippen molar-refractivity contribution in [3.63, 3.8) is 0 Å². The van der Waals surface area contributed by atoms with Crippen molar-refractivity contribution in [3.8, 4) is 0 Å². The normalized spacial score (nSPS) is 13.4. The first-order valence-electron chi connectivity index (χ1n) is 10.3. The minimum atomic E-state index is -0.0765. The Hall–Kier alpha value is -2.60. The highest BCUT2D eigenvalue weighted by molar-refractivity contribution is 5.92. The van der Waals surface area contributed by atoms with Crippen LogP contribution < -0.4 is 15.9 Å². The van der Waals surface area contributed by atoms with Crippen molar-refractivity contribution in [2.75, 3.05) is 40.8 Å². The Labute approximate surface area is 174 Å². The lowest BCUT2D eigenvalue weighted by Gasteiger charge is -2.12. The monoisotopic (exact) mass is 397 g/mol. The molecule has 1 heterocycles. The Morgan fingerprint density at radius 3 is 2.76 bits per heavy atom. The van der Waals surface area contributed by atoms with Gasteiger partial charge in [-0.05, 0) is 52.9 Å². The molecule has 2 rings (SSSR count). The molecule has 0 bridgehead atoms. The van der Waals surface area contributed by atoms with Crippen molar-refractivity contribution in [2.24, 2.45) is 4.99 Å². The highest BCUT2D eigenvalue weighted by Crippen LogP contribution is 2.08. The van der Waals surface area contributed by atoms with Crippen molar-refractivity contribution in [2.45, 2.75) is 32.7 Å². The third-order valence-corrected chi connectivity index (χ3v) is 5.03. The number of carbonyl (C=O) groups excluding carboxylic acids is 1. The average molecular weight is 398 g/mol. The maximum atomic E-state index is 12.2. The van der Waals surface area contributed by atoms with Crippen LogP contribution in [0.3, 0.4) is 0 Å². The van der Waals surface area contributed by atoms with Gasteiger partial charge < -0.3 is 19.7 Å². The molecular weight excluding hydrogens is 362 g/mol. The number of likely N-dealkylation sites (N-methyl/N-ethyl adjacent to an activating group) is 1. The van der Waals surface area contributed by atoms with Gasteiger partial charge in [0.2, 0.25) is 5.91 Å². The number of hydrogen-bond donors (Lipinski definition) is 1. The topological polar surface area (TPSA) is 52.9 Å². The van der Waals surface area contributed by atoms with E-state index in [0.717, 1.165) is 37.9 Å². The van der Waals surface area contributed by atoms with E-state index in [1.165, 1.54) is 22.5 Å². The molecule has 0 spiro atoms. The minimum absolute atomic E-state index is 0.0765. The summed E-state index contributed by atoms with van der Waals surface area (Å²) in [6.45, 7) is 9.01. The van der Waals surface area contributed by atoms with E-state index in [1.807, 2.05) is 18.0 Å². The highest BCUT2D eigenvalue weighted by atomic mass is 16.1. The predicted octanol–water partition coefficient (Wildman–Crippen LogP) is 1.34. The van der Waals surface area contributed by atoms with E-state index >= 15 is 0 Å². The lowest BCUT2D eigenvalue weighted by Crippen LogP contribution is -2.32. The first-order valence-corrected chi connectivity index (χ1v) is 10.3. The summed E-state index contributed by atoms with van der Waals surface area (Å²) in [6.07, 6.45) is 14.7. The van der Waals surface area contributed by atoms with Crippen LogP contribution in [-0.2, 0) is 11.3 Å². The minimum Gasteiger partial charge on any atom is -0.364 e. The molecule has 1 aliphatic rings. The molecule has 0 unspecified atom stereocenters. The van der Waals surface area contributed by atoms with E-state index in [-0.39, 0.29) is 5.91 Å². The Morgan fingerprint density at radius 2 is 2.03 bits per heavy atom. The standard InChI is InChI=1S/C23H35N5O/c1-6-24-18-27(5)17-14-25-23(29)13-12-20-19(2)28(16-9-15-26(3)4)22-11-8-7-10-21(20)22/h6,10-13,18H,1,7-9,14-17H2,2-5H3,(H,25,29)/b13-12+,24-18?. The van der Waals surface area contributed by atoms with Gasteiger partial charge in [0.15, 0.2) is 0 Å². The molecule has 0 aliphatic heterocycles. The van der Waals surface area contributed by atoms with Gasteiger partial charge in [0.1, 0.15) is 0 Å². The maximum absolute atomic E-state index is 12.2. The van der Waals surface area contributed by atoms with Crippen molar-refractivity contribution in [3.05, 3.63) is 40.7 Å². The van der Waals surface area contributed by atoms with Gasteiger partial charge in [0.25, 0.3) is 0 Å². The van der Waals surface area contributed by atoms with E-state index in [0.29, 0.717) is 13.1 Å². The number of fused-ring (bicyclic) bond motifs is 1. The molecule has 0 atom stereocenters. The van der Waals surface area contributed by atoms with Crippen molar-refractivity contribution >= 4 is 30.5 Å². The van der Waals surface area contributed by atoms with Gasteiger partial charge in [-0.2, -0.15) is 0 Å². The first kappa shape index (κ1) is 22.7.